The Labute approximate surface area is 95.7 Å². The number of para-hydroxylation sites is 1. The molecule has 1 aromatic heterocycles. The standard InChI is InChI=1S/C12H10F2O3/c13-12(14,6-11(15)16)5-8-7-17-10-4-2-1-3-9(8)10/h1-4,7H,5-6H2,(H,15,16). The maximum Gasteiger partial charge on any atom is 0.309 e. The first-order valence-corrected chi connectivity index (χ1v) is 5.03. The summed E-state index contributed by atoms with van der Waals surface area (Å²) >= 11 is 0. The van der Waals surface area contributed by atoms with Crippen LogP contribution < -0.4 is 0 Å². The number of carbonyl (C=O) groups is 1. The lowest BCUT2D eigenvalue weighted by Crippen LogP contribution is -2.23. The molecule has 5 heteroatoms. The number of carboxylic acid groups (broad SMARTS) is 1. The molecular formula is C12H10F2O3. The summed E-state index contributed by atoms with van der Waals surface area (Å²) in [4.78, 5) is 10.3. The largest absolute Gasteiger partial charge is 0.481 e. The summed E-state index contributed by atoms with van der Waals surface area (Å²) < 4.78 is 31.8. The van der Waals surface area contributed by atoms with Crippen LogP contribution in [0.5, 0.6) is 0 Å². The second kappa shape index (κ2) is 4.16. The SMILES string of the molecule is O=C(O)CC(F)(F)Cc1coc2ccccc12. The fraction of sp³-hybridized carbons (Fsp3) is 0.250. The Morgan fingerprint density at radius 3 is 2.76 bits per heavy atom. The number of furan rings is 1. The van der Waals surface area contributed by atoms with E-state index in [4.69, 9.17) is 9.52 Å². The first-order chi connectivity index (χ1) is 7.98. The lowest BCUT2D eigenvalue weighted by atomic mass is 10.0. The highest BCUT2D eigenvalue weighted by atomic mass is 19.3. The molecule has 0 aliphatic rings. The van der Waals surface area contributed by atoms with Gasteiger partial charge in [-0.05, 0) is 6.07 Å². The van der Waals surface area contributed by atoms with Crippen LogP contribution in [0.25, 0.3) is 11.0 Å². The molecule has 1 heterocycles. The smallest absolute Gasteiger partial charge is 0.309 e. The quantitative estimate of drug-likeness (QED) is 0.893. The van der Waals surface area contributed by atoms with Crippen molar-refractivity contribution in [3.8, 4) is 0 Å². The van der Waals surface area contributed by atoms with Crippen molar-refractivity contribution in [1.82, 2.24) is 0 Å². The fourth-order valence-corrected chi connectivity index (χ4v) is 1.73. The number of halogens is 2. The van der Waals surface area contributed by atoms with E-state index >= 15 is 0 Å². The number of fused-ring (bicyclic) bond motifs is 1. The van der Waals surface area contributed by atoms with Gasteiger partial charge in [-0.3, -0.25) is 4.79 Å². The Hall–Kier alpha value is -1.91. The Morgan fingerprint density at radius 2 is 2.06 bits per heavy atom. The zero-order valence-corrected chi connectivity index (χ0v) is 8.82. The van der Waals surface area contributed by atoms with Crippen molar-refractivity contribution in [2.75, 3.05) is 0 Å². The summed E-state index contributed by atoms with van der Waals surface area (Å²) in [6.45, 7) is 0. The van der Waals surface area contributed by atoms with Gasteiger partial charge in [0, 0.05) is 17.4 Å². The van der Waals surface area contributed by atoms with Gasteiger partial charge in [-0.2, -0.15) is 0 Å². The van der Waals surface area contributed by atoms with Crippen molar-refractivity contribution in [2.45, 2.75) is 18.8 Å². The molecule has 90 valence electrons. The molecule has 0 bridgehead atoms. The molecule has 0 atom stereocenters. The third-order valence-electron chi connectivity index (χ3n) is 2.42. The summed E-state index contributed by atoms with van der Waals surface area (Å²) in [5, 5.41) is 8.98. The van der Waals surface area contributed by atoms with Gasteiger partial charge in [0.25, 0.3) is 5.92 Å². The number of carboxylic acids is 1. The summed E-state index contributed by atoms with van der Waals surface area (Å²) in [6.07, 6.45) is -0.552. The van der Waals surface area contributed by atoms with E-state index < -0.39 is 24.7 Å². The van der Waals surface area contributed by atoms with Crippen LogP contribution in [0, 0.1) is 0 Å². The maximum atomic E-state index is 13.3. The van der Waals surface area contributed by atoms with E-state index in [0.29, 0.717) is 16.5 Å². The van der Waals surface area contributed by atoms with Gasteiger partial charge < -0.3 is 9.52 Å². The van der Waals surface area contributed by atoms with Gasteiger partial charge in [0.15, 0.2) is 0 Å². The van der Waals surface area contributed by atoms with Crippen LogP contribution in [0.1, 0.15) is 12.0 Å². The molecule has 17 heavy (non-hydrogen) atoms. The monoisotopic (exact) mass is 240 g/mol. The van der Waals surface area contributed by atoms with Crippen molar-refractivity contribution in [3.63, 3.8) is 0 Å². The Morgan fingerprint density at radius 1 is 1.35 bits per heavy atom. The Bertz CT molecular complexity index is 545. The van der Waals surface area contributed by atoms with E-state index in [2.05, 4.69) is 0 Å². The van der Waals surface area contributed by atoms with Gasteiger partial charge in [-0.25, -0.2) is 8.78 Å². The molecule has 0 fully saturated rings. The number of rotatable bonds is 4. The lowest BCUT2D eigenvalue weighted by Gasteiger charge is -2.12. The second-order valence-corrected chi connectivity index (χ2v) is 3.86. The van der Waals surface area contributed by atoms with Crippen LogP contribution in [-0.2, 0) is 11.2 Å². The molecule has 0 aliphatic heterocycles. The fourth-order valence-electron chi connectivity index (χ4n) is 1.73. The van der Waals surface area contributed by atoms with E-state index in [0.717, 1.165) is 0 Å². The molecule has 0 spiro atoms. The van der Waals surface area contributed by atoms with Crippen LogP contribution >= 0.6 is 0 Å². The highest BCUT2D eigenvalue weighted by Crippen LogP contribution is 2.29. The zero-order valence-electron chi connectivity index (χ0n) is 8.82. The number of hydrogen-bond donors (Lipinski definition) is 1. The van der Waals surface area contributed by atoms with Crippen LogP contribution in [-0.4, -0.2) is 17.0 Å². The van der Waals surface area contributed by atoms with Gasteiger partial charge >= 0.3 is 5.97 Å². The third kappa shape index (κ3) is 2.61. The Balaban J connectivity index is 2.26. The van der Waals surface area contributed by atoms with Crippen molar-refractivity contribution in [3.05, 3.63) is 36.1 Å². The first-order valence-electron chi connectivity index (χ1n) is 5.03. The summed E-state index contributed by atoms with van der Waals surface area (Å²) in [6, 6.07) is 6.81. The molecule has 3 nitrogen and oxygen atoms in total. The van der Waals surface area contributed by atoms with Crippen LogP contribution in [0.15, 0.2) is 34.9 Å². The minimum absolute atomic E-state index is 0.326. The van der Waals surface area contributed by atoms with Gasteiger partial charge in [-0.15, -0.1) is 0 Å². The minimum atomic E-state index is -3.27. The predicted molar refractivity (Wildman–Crippen MR) is 57.1 cm³/mol. The number of alkyl halides is 2. The van der Waals surface area contributed by atoms with Gasteiger partial charge in [-0.1, -0.05) is 18.2 Å². The molecule has 0 saturated carbocycles. The number of hydrogen-bond acceptors (Lipinski definition) is 2. The number of benzene rings is 1. The summed E-state index contributed by atoms with van der Waals surface area (Å²) in [5.74, 6) is -4.78. The molecule has 1 aromatic carbocycles. The molecule has 1 N–H and O–H groups in total. The van der Waals surface area contributed by atoms with Crippen LogP contribution in [0.3, 0.4) is 0 Å². The molecule has 0 saturated heterocycles. The topological polar surface area (TPSA) is 50.4 Å². The molecule has 2 rings (SSSR count). The second-order valence-electron chi connectivity index (χ2n) is 3.86. The molecule has 0 radical (unpaired) electrons. The number of aliphatic carboxylic acids is 1. The molecule has 0 amide bonds. The molecular weight excluding hydrogens is 230 g/mol. The first kappa shape index (κ1) is 11.6. The van der Waals surface area contributed by atoms with Crippen molar-refractivity contribution >= 4 is 16.9 Å². The average molecular weight is 240 g/mol. The van der Waals surface area contributed by atoms with E-state index in [1.165, 1.54) is 6.26 Å². The Kier molecular flexibility index (Phi) is 2.83. The highest BCUT2D eigenvalue weighted by molar-refractivity contribution is 5.81. The molecule has 0 unspecified atom stereocenters. The van der Waals surface area contributed by atoms with E-state index in [1.54, 1.807) is 24.3 Å². The zero-order chi connectivity index (χ0) is 12.5. The van der Waals surface area contributed by atoms with E-state index in [-0.39, 0.29) is 0 Å². The highest BCUT2D eigenvalue weighted by Gasteiger charge is 2.33. The van der Waals surface area contributed by atoms with Crippen LogP contribution in [0.4, 0.5) is 8.78 Å². The van der Waals surface area contributed by atoms with Crippen molar-refractivity contribution in [2.24, 2.45) is 0 Å². The van der Waals surface area contributed by atoms with Crippen molar-refractivity contribution < 1.29 is 23.1 Å². The van der Waals surface area contributed by atoms with E-state index in [1.807, 2.05) is 0 Å². The van der Waals surface area contributed by atoms with Gasteiger partial charge in [0.2, 0.25) is 0 Å². The summed E-state index contributed by atoms with van der Waals surface area (Å²) in [7, 11) is 0. The minimum Gasteiger partial charge on any atom is -0.481 e. The predicted octanol–water partition coefficient (Wildman–Crippen LogP) is 3.09. The van der Waals surface area contributed by atoms with Crippen molar-refractivity contribution in [1.29, 1.82) is 0 Å². The molecule has 0 aliphatic carbocycles. The average Bonchev–Trinajstić information content (AvgIpc) is 2.59. The summed E-state index contributed by atoms with van der Waals surface area (Å²) in [5.41, 5.74) is 0.848. The molecule has 2 aromatic rings. The normalized spacial score (nSPS) is 11.9. The van der Waals surface area contributed by atoms with E-state index in [9.17, 15) is 13.6 Å². The van der Waals surface area contributed by atoms with Gasteiger partial charge in [0.05, 0.1) is 6.26 Å². The third-order valence-corrected chi connectivity index (χ3v) is 2.42. The van der Waals surface area contributed by atoms with Crippen LogP contribution in [0.2, 0.25) is 0 Å². The van der Waals surface area contributed by atoms with Gasteiger partial charge in [0.1, 0.15) is 12.0 Å². The lowest BCUT2D eigenvalue weighted by molar-refractivity contribution is -0.144. The maximum absolute atomic E-state index is 13.3.